The average Bonchev–Trinajstić information content (AvgIpc) is 3.43. The minimum atomic E-state index is -1.19. The maximum atomic E-state index is 12.7. The van der Waals surface area contributed by atoms with Gasteiger partial charge in [-0.3, -0.25) is 4.79 Å². The van der Waals surface area contributed by atoms with E-state index < -0.39 is 11.9 Å². The van der Waals surface area contributed by atoms with Gasteiger partial charge in [0, 0.05) is 16.0 Å². The molecule has 3 N–H and O–H groups in total. The fourth-order valence-electron chi connectivity index (χ4n) is 3.47. The van der Waals surface area contributed by atoms with E-state index in [2.05, 4.69) is 5.32 Å². The molecule has 150 valence electrons. The van der Waals surface area contributed by atoms with Crippen molar-refractivity contribution in [2.45, 2.75) is 12.8 Å². The number of benzene rings is 1. The number of carbonyl (C=O) groups is 2. The van der Waals surface area contributed by atoms with Crippen LogP contribution in [0, 0.1) is 0 Å². The standard InChI is InChI=1S/C22H15NO6S/c24-13-5-6-16-12(7-13)9-17(28-16)20-19(22(26)27)14(10-30-20)23-21(25)18-8-11-3-1-2-4-15(11)29-18/h3-10,24H,1-2H2,(H,23,25)(H,26,27). The molecular formula is C22H15NO6S. The van der Waals surface area contributed by atoms with Crippen molar-refractivity contribution in [3.63, 3.8) is 0 Å². The highest BCUT2D eigenvalue weighted by Gasteiger charge is 2.24. The Kier molecular flexibility index (Phi) is 4.22. The number of carbonyl (C=O) groups excluding carboxylic acids is 1. The maximum absolute atomic E-state index is 12.7. The topological polar surface area (TPSA) is 113 Å². The lowest BCUT2D eigenvalue weighted by Crippen LogP contribution is -2.21. The lowest BCUT2D eigenvalue weighted by molar-refractivity contribution is 0.0699. The van der Waals surface area contributed by atoms with Crippen LogP contribution in [-0.2, 0) is 0 Å². The van der Waals surface area contributed by atoms with Crippen molar-refractivity contribution >= 4 is 52.0 Å². The predicted molar refractivity (Wildman–Crippen MR) is 112 cm³/mol. The molecule has 0 unspecified atom stereocenters. The van der Waals surface area contributed by atoms with Crippen molar-refractivity contribution in [1.29, 1.82) is 0 Å². The van der Waals surface area contributed by atoms with Crippen molar-refractivity contribution in [2.75, 3.05) is 5.32 Å². The molecule has 7 nitrogen and oxygen atoms in total. The second kappa shape index (κ2) is 6.93. The molecule has 0 radical (unpaired) electrons. The zero-order chi connectivity index (χ0) is 20.8. The van der Waals surface area contributed by atoms with Crippen LogP contribution in [0.2, 0.25) is 0 Å². The first kappa shape index (κ1) is 18.3. The number of rotatable bonds is 4. The van der Waals surface area contributed by atoms with Crippen LogP contribution in [0.3, 0.4) is 0 Å². The largest absolute Gasteiger partial charge is 0.508 e. The number of thiophene rings is 1. The van der Waals surface area contributed by atoms with Gasteiger partial charge in [-0.25, -0.2) is 4.79 Å². The molecule has 4 aromatic rings. The molecular weight excluding hydrogens is 406 g/mol. The van der Waals surface area contributed by atoms with E-state index in [0.717, 1.165) is 29.4 Å². The third-order valence-electron chi connectivity index (χ3n) is 4.85. The molecule has 3 aromatic heterocycles. The van der Waals surface area contributed by atoms with Gasteiger partial charge in [-0.15, -0.1) is 11.3 Å². The Morgan fingerprint density at radius 2 is 1.90 bits per heavy atom. The quantitative estimate of drug-likeness (QED) is 0.462. The molecule has 0 saturated heterocycles. The summed E-state index contributed by atoms with van der Waals surface area (Å²) in [6, 6.07) is 7.94. The smallest absolute Gasteiger partial charge is 0.339 e. The number of fused-ring (bicyclic) bond motifs is 2. The number of carboxylic acid groups (broad SMARTS) is 1. The van der Waals surface area contributed by atoms with Crippen LogP contribution < -0.4 is 16.0 Å². The number of phenols is 1. The van der Waals surface area contributed by atoms with Gasteiger partial charge in [-0.05, 0) is 49.2 Å². The Hall–Kier alpha value is -3.78. The molecule has 0 fully saturated rings. The Labute approximate surface area is 173 Å². The van der Waals surface area contributed by atoms with E-state index in [1.807, 2.05) is 12.2 Å². The van der Waals surface area contributed by atoms with Gasteiger partial charge in [0.15, 0.2) is 5.76 Å². The van der Waals surface area contributed by atoms with Gasteiger partial charge in [-0.1, -0.05) is 6.08 Å². The molecule has 0 spiro atoms. The molecule has 1 aliphatic carbocycles. The summed E-state index contributed by atoms with van der Waals surface area (Å²) in [6.45, 7) is 0. The minimum absolute atomic E-state index is 0.0638. The van der Waals surface area contributed by atoms with Crippen LogP contribution in [0.1, 0.15) is 33.8 Å². The summed E-state index contributed by atoms with van der Waals surface area (Å²) in [5, 5.41) is 25.1. The van der Waals surface area contributed by atoms with Crippen molar-refractivity contribution in [2.24, 2.45) is 0 Å². The fraction of sp³-hybridized carbons (Fsp3) is 0.0909. The van der Waals surface area contributed by atoms with E-state index in [4.69, 9.17) is 8.83 Å². The molecule has 0 aliphatic heterocycles. The van der Waals surface area contributed by atoms with E-state index in [0.29, 0.717) is 27.0 Å². The van der Waals surface area contributed by atoms with E-state index in [1.165, 1.54) is 12.1 Å². The Balaban J connectivity index is 1.52. The zero-order valence-corrected chi connectivity index (χ0v) is 16.3. The highest BCUT2D eigenvalue weighted by Crippen LogP contribution is 2.39. The second-order valence-electron chi connectivity index (χ2n) is 6.86. The number of furan rings is 2. The summed E-state index contributed by atoms with van der Waals surface area (Å²) in [6.07, 6.45) is 5.67. The van der Waals surface area contributed by atoms with E-state index in [9.17, 15) is 19.8 Å². The highest BCUT2D eigenvalue weighted by molar-refractivity contribution is 7.14. The Morgan fingerprint density at radius 3 is 2.70 bits per heavy atom. The molecule has 1 amide bonds. The zero-order valence-electron chi connectivity index (χ0n) is 15.5. The molecule has 0 atom stereocenters. The number of carboxylic acids is 1. The van der Waals surface area contributed by atoms with E-state index >= 15 is 0 Å². The first-order valence-corrected chi connectivity index (χ1v) is 10.1. The Bertz CT molecular complexity index is 1400. The number of phenolic OH excluding ortho intramolecular Hbond substituents is 1. The van der Waals surface area contributed by atoms with Crippen LogP contribution in [0.15, 0.2) is 44.5 Å². The van der Waals surface area contributed by atoms with Gasteiger partial charge in [0.1, 0.15) is 28.1 Å². The molecule has 1 aromatic carbocycles. The molecule has 30 heavy (non-hydrogen) atoms. The number of nitrogens with one attached hydrogen (secondary N) is 1. The van der Waals surface area contributed by atoms with Crippen LogP contribution >= 0.6 is 11.3 Å². The number of hydrogen-bond donors (Lipinski definition) is 3. The lowest BCUT2D eigenvalue weighted by Gasteiger charge is -2.03. The maximum Gasteiger partial charge on any atom is 0.339 e. The van der Waals surface area contributed by atoms with Crippen LogP contribution in [0.5, 0.6) is 5.75 Å². The van der Waals surface area contributed by atoms with Gasteiger partial charge in [0.2, 0.25) is 0 Å². The van der Waals surface area contributed by atoms with E-state index in [-0.39, 0.29) is 22.8 Å². The first-order valence-electron chi connectivity index (χ1n) is 9.19. The second-order valence-corrected chi connectivity index (χ2v) is 7.74. The van der Waals surface area contributed by atoms with Gasteiger partial charge in [0.25, 0.3) is 5.91 Å². The van der Waals surface area contributed by atoms with Crippen molar-refractivity contribution in [3.8, 4) is 16.4 Å². The van der Waals surface area contributed by atoms with Crippen molar-refractivity contribution in [3.05, 3.63) is 57.7 Å². The predicted octanol–water partition coefficient (Wildman–Crippen LogP) is 3.77. The molecule has 1 aliphatic rings. The van der Waals surface area contributed by atoms with Crippen LogP contribution in [0.4, 0.5) is 5.69 Å². The van der Waals surface area contributed by atoms with Crippen LogP contribution in [-0.4, -0.2) is 22.1 Å². The molecule has 5 rings (SSSR count). The lowest BCUT2D eigenvalue weighted by atomic mass is 10.1. The summed E-state index contributed by atoms with van der Waals surface area (Å²) >= 11 is 1.15. The summed E-state index contributed by atoms with van der Waals surface area (Å²) in [5.41, 5.74) is 1.28. The van der Waals surface area contributed by atoms with Gasteiger partial charge < -0.3 is 24.4 Å². The molecule has 0 bridgehead atoms. The van der Waals surface area contributed by atoms with Crippen molar-refractivity contribution in [1.82, 2.24) is 0 Å². The third-order valence-corrected chi connectivity index (χ3v) is 5.85. The molecule has 3 heterocycles. The molecule has 8 heteroatoms. The van der Waals surface area contributed by atoms with Gasteiger partial charge in [0.05, 0.1) is 10.6 Å². The number of aromatic carboxylic acids is 1. The summed E-state index contributed by atoms with van der Waals surface area (Å²) < 4.78 is 11.4. The normalized spacial score (nSPS) is 12.8. The van der Waals surface area contributed by atoms with Crippen LogP contribution in [0.25, 0.3) is 33.8 Å². The summed E-state index contributed by atoms with van der Waals surface area (Å²) in [7, 11) is 0. The number of aromatic hydroxyl groups is 1. The number of amides is 1. The first-order chi connectivity index (χ1) is 14.5. The summed E-state index contributed by atoms with van der Waals surface area (Å²) in [4.78, 5) is 25.0. The molecule has 0 saturated carbocycles. The Morgan fingerprint density at radius 1 is 1.07 bits per heavy atom. The highest BCUT2D eigenvalue weighted by atomic mass is 32.1. The van der Waals surface area contributed by atoms with E-state index in [1.54, 1.807) is 23.6 Å². The fourth-order valence-corrected chi connectivity index (χ4v) is 4.42. The van der Waals surface area contributed by atoms with Gasteiger partial charge in [-0.2, -0.15) is 0 Å². The van der Waals surface area contributed by atoms with Gasteiger partial charge >= 0.3 is 5.97 Å². The number of hydrogen-bond acceptors (Lipinski definition) is 6. The van der Waals surface area contributed by atoms with Crippen molar-refractivity contribution < 1.29 is 28.6 Å². The number of anilines is 1. The monoisotopic (exact) mass is 421 g/mol. The average molecular weight is 421 g/mol. The SMILES string of the molecule is O=C(Nc1csc(-c2cc3cc(O)ccc3o2)c1C(=O)O)c1cc2c(o1)=CCCC=2. The minimum Gasteiger partial charge on any atom is -0.508 e. The summed E-state index contributed by atoms with van der Waals surface area (Å²) in [5.74, 6) is -1.16. The third kappa shape index (κ3) is 3.07.